The summed E-state index contributed by atoms with van der Waals surface area (Å²) in [5.74, 6) is -0.309. The SMILES string of the molecule is N#Cc1cccc(-c2cnc(C(=O)N[C@@H]3C[C@@H](Cn4nccn4)N(C(=O)O)C3)o2)c1. The molecular formula is C19H17N7O4. The maximum Gasteiger partial charge on any atom is 0.407 e. The second kappa shape index (κ2) is 8.04. The van der Waals surface area contributed by atoms with E-state index in [0.717, 1.165) is 0 Å². The van der Waals surface area contributed by atoms with Crippen molar-refractivity contribution < 1.29 is 19.1 Å². The molecule has 0 bridgehead atoms. The number of nitrogens with one attached hydrogen (secondary N) is 1. The number of hydrogen-bond acceptors (Lipinski definition) is 7. The van der Waals surface area contributed by atoms with E-state index in [1.54, 1.807) is 24.3 Å². The maximum absolute atomic E-state index is 12.6. The van der Waals surface area contributed by atoms with Gasteiger partial charge in [-0.05, 0) is 18.6 Å². The molecule has 0 radical (unpaired) electrons. The number of benzene rings is 1. The number of carbonyl (C=O) groups excluding carboxylic acids is 1. The number of likely N-dealkylation sites (tertiary alicyclic amines) is 1. The lowest BCUT2D eigenvalue weighted by molar-refractivity contribution is 0.0901. The van der Waals surface area contributed by atoms with Crippen molar-refractivity contribution >= 4 is 12.0 Å². The van der Waals surface area contributed by atoms with Crippen LogP contribution in [0.2, 0.25) is 0 Å². The van der Waals surface area contributed by atoms with E-state index < -0.39 is 18.0 Å². The molecule has 0 saturated carbocycles. The molecule has 3 aromatic rings. The van der Waals surface area contributed by atoms with Crippen LogP contribution in [-0.2, 0) is 6.54 Å². The molecule has 2 amide bonds. The van der Waals surface area contributed by atoms with Crippen LogP contribution in [0.3, 0.4) is 0 Å². The van der Waals surface area contributed by atoms with Gasteiger partial charge in [0.05, 0.1) is 42.8 Å². The Bertz CT molecular complexity index is 1100. The molecule has 1 aromatic carbocycles. The number of nitrogens with zero attached hydrogens (tertiary/aromatic N) is 6. The minimum atomic E-state index is -1.07. The van der Waals surface area contributed by atoms with Gasteiger partial charge in [-0.15, -0.1) is 0 Å². The van der Waals surface area contributed by atoms with Crippen LogP contribution in [0.5, 0.6) is 0 Å². The Kier molecular flexibility index (Phi) is 5.13. The van der Waals surface area contributed by atoms with Crippen molar-refractivity contribution in [2.45, 2.75) is 25.0 Å². The van der Waals surface area contributed by atoms with Crippen molar-refractivity contribution in [2.24, 2.45) is 0 Å². The zero-order valence-electron chi connectivity index (χ0n) is 15.7. The summed E-state index contributed by atoms with van der Waals surface area (Å²) in [6, 6.07) is 8.04. The second-order valence-electron chi connectivity index (χ2n) is 6.80. The van der Waals surface area contributed by atoms with Crippen LogP contribution in [-0.4, -0.2) is 60.6 Å². The van der Waals surface area contributed by atoms with Crippen molar-refractivity contribution in [1.29, 1.82) is 5.26 Å². The van der Waals surface area contributed by atoms with Crippen molar-refractivity contribution in [1.82, 2.24) is 30.2 Å². The summed E-state index contributed by atoms with van der Waals surface area (Å²) < 4.78 is 5.54. The first kappa shape index (κ1) is 19.1. The molecule has 3 heterocycles. The van der Waals surface area contributed by atoms with Gasteiger partial charge in [0.1, 0.15) is 0 Å². The average molecular weight is 407 g/mol. The highest BCUT2D eigenvalue weighted by molar-refractivity contribution is 5.90. The van der Waals surface area contributed by atoms with Gasteiger partial charge in [0.2, 0.25) is 0 Å². The molecule has 0 unspecified atom stereocenters. The maximum atomic E-state index is 12.6. The predicted octanol–water partition coefficient (Wildman–Crippen LogP) is 1.36. The van der Waals surface area contributed by atoms with Crippen LogP contribution in [0.25, 0.3) is 11.3 Å². The first-order valence-corrected chi connectivity index (χ1v) is 9.14. The fourth-order valence-corrected chi connectivity index (χ4v) is 3.46. The van der Waals surface area contributed by atoms with Crippen molar-refractivity contribution in [3.05, 3.63) is 54.3 Å². The number of rotatable bonds is 5. The molecule has 2 N–H and O–H groups in total. The van der Waals surface area contributed by atoms with E-state index in [4.69, 9.17) is 9.68 Å². The number of aromatic nitrogens is 4. The zero-order valence-corrected chi connectivity index (χ0v) is 15.7. The Hall–Kier alpha value is -4.20. The highest BCUT2D eigenvalue weighted by atomic mass is 16.4. The summed E-state index contributed by atoms with van der Waals surface area (Å²) in [7, 11) is 0. The average Bonchev–Trinajstić information content (AvgIpc) is 3.49. The summed E-state index contributed by atoms with van der Waals surface area (Å²) in [5, 5.41) is 29.3. The molecule has 1 fully saturated rings. The van der Waals surface area contributed by atoms with Crippen molar-refractivity contribution in [3.63, 3.8) is 0 Å². The van der Waals surface area contributed by atoms with E-state index >= 15 is 0 Å². The Balaban J connectivity index is 1.43. The molecule has 11 heteroatoms. The van der Waals surface area contributed by atoms with Crippen LogP contribution in [0.15, 0.2) is 47.3 Å². The van der Waals surface area contributed by atoms with Crippen molar-refractivity contribution in [2.75, 3.05) is 6.54 Å². The lowest BCUT2D eigenvalue weighted by Gasteiger charge is -2.20. The topological polar surface area (TPSA) is 150 Å². The summed E-state index contributed by atoms with van der Waals surface area (Å²) in [5.41, 5.74) is 1.10. The Morgan fingerprint density at radius 3 is 2.87 bits per heavy atom. The number of nitriles is 1. The van der Waals surface area contributed by atoms with Gasteiger partial charge >= 0.3 is 12.0 Å². The van der Waals surface area contributed by atoms with Crippen LogP contribution < -0.4 is 5.32 Å². The van der Waals surface area contributed by atoms with Crippen LogP contribution in [0, 0.1) is 11.3 Å². The second-order valence-corrected chi connectivity index (χ2v) is 6.80. The highest BCUT2D eigenvalue weighted by Gasteiger charge is 2.37. The van der Waals surface area contributed by atoms with Gasteiger partial charge in [0, 0.05) is 18.2 Å². The number of carboxylic acid groups (broad SMARTS) is 1. The molecule has 152 valence electrons. The van der Waals surface area contributed by atoms with Crippen LogP contribution in [0.1, 0.15) is 22.7 Å². The summed E-state index contributed by atoms with van der Waals surface area (Å²) in [6.45, 7) is 0.439. The predicted molar refractivity (Wildman–Crippen MR) is 101 cm³/mol. The Labute approximate surface area is 170 Å². The Morgan fingerprint density at radius 1 is 1.33 bits per heavy atom. The van der Waals surface area contributed by atoms with Gasteiger partial charge in [-0.25, -0.2) is 9.78 Å². The fourth-order valence-electron chi connectivity index (χ4n) is 3.46. The third-order valence-electron chi connectivity index (χ3n) is 4.81. The molecule has 2 atom stereocenters. The minimum Gasteiger partial charge on any atom is -0.465 e. The molecule has 0 spiro atoms. The first-order chi connectivity index (χ1) is 14.5. The number of oxazole rings is 1. The van der Waals surface area contributed by atoms with Gasteiger partial charge in [-0.1, -0.05) is 12.1 Å². The number of carbonyl (C=O) groups is 2. The van der Waals surface area contributed by atoms with E-state index in [2.05, 4.69) is 20.5 Å². The van der Waals surface area contributed by atoms with Gasteiger partial charge in [0.25, 0.3) is 5.89 Å². The fraction of sp³-hybridized carbons (Fsp3) is 0.263. The molecule has 1 aliphatic rings. The van der Waals surface area contributed by atoms with Gasteiger partial charge in [0.15, 0.2) is 5.76 Å². The largest absolute Gasteiger partial charge is 0.465 e. The summed E-state index contributed by atoms with van der Waals surface area (Å²) >= 11 is 0. The quantitative estimate of drug-likeness (QED) is 0.643. The molecule has 30 heavy (non-hydrogen) atoms. The van der Waals surface area contributed by atoms with E-state index in [9.17, 15) is 14.7 Å². The van der Waals surface area contributed by atoms with Crippen LogP contribution >= 0.6 is 0 Å². The van der Waals surface area contributed by atoms with E-state index in [1.165, 1.54) is 28.3 Å². The molecule has 1 saturated heterocycles. The summed E-state index contributed by atoms with van der Waals surface area (Å²) in [4.78, 5) is 30.8. The standard InChI is InChI=1S/C19H17N7O4/c20-8-12-2-1-3-13(6-12)16-9-21-18(30-16)17(27)24-14-7-15(25(10-14)19(28)29)11-26-22-4-5-23-26/h1-6,9,14-15H,7,10-11H2,(H,24,27)(H,28,29)/t14-,15+/m1/s1. The third-order valence-corrected chi connectivity index (χ3v) is 4.81. The van der Waals surface area contributed by atoms with E-state index in [0.29, 0.717) is 29.9 Å². The zero-order chi connectivity index (χ0) is 21.1. The van der Waals surface area contributed by atoms with Crippen LogP contribution in [0.4, 0.5) is 4.79 Å². The molecular weight excluding hydrogens is 390 g/mol. The normalized spacial score (nSPS) is 18.2. The van der Waals surface area contributed by atoms with Gasteiger partial charge in [-0.2, -0.15) is 20.3 Å². The van der Waals surface area contributed by atoms with Gasteiger partial charge in [-0.3, -0.25) is 4.79 Å². The monoisotopic (exact) mass is 407 g/mol. The van der Waals surface area contributed by atoms with Gasteiger partial charge < -0.3 is 19.7 Å². The number of hydrogen-bond donors (Lipinski definition) is 2. The molecule has 1 aliphatic heterocycles. The Morgan fingerprint density at radius 2 is 2.13 bits per heavy atom. The van der Waals surface area contributed by atoms with Crippen molar-refractivity contribution in [3.8, 4) is 17.4 Å². The highest BCUT2D eigenvalue weighted by Crippen LogP contribution is 2.23. The molecule has 11 nitrogen and oxygen atoms in total. The van der Waals surface area contributed by atoms with E-state index in [1.807, 2.05) is 6.07 Å². The molecule has 4 rings (SSSR count). The third kappa shape index (κ3) is 3.97. The van der Waals surface area contributed by atoms with E-state index in [-0.39, 0.29) is 18.5 Å². The number of amides is 2. The lowest BCUT2D eigenvalue weighted by Crippen LogP contribution is -2.39. The molecule has 2 aromatic heterocycles. The lowest BCUT2D eigenvalue weighted by atomic mass is 10.1. The molecule has 0 aliphatic carbocycles. The smallest absolute Gasteiger partial charge is 0.407 e. The first-order valence-electron chi connectivity index (χ1n) is 9.14. The minimum absolute atomic E-state index is 0.133. The summed E-state index contributed by atoms with van der Waals surface area (Å²) in [6.07, 6.45) is 3.80.